The van der Waals surface area contributed by atoms with Crippen molar-refractivity contribution in [2.45, 2.75) is 52.3 Å². The molecule has 2 heterocycles. The van der Waals surface area contributed by atoms with Crippen LogP contribution in [0.5, 0.6) is 0 Å². The van der Waals surface area contributed by atoms with Crippen LogP contribution in [0.25, 0.3) is 0 Å². The van der Waals surface area contributed by atoms with Gasteiger partial charge in [0.1, 0.15) is 5.60 Å². The summed E-state index contributed by atoms with van der Waals surface area (Å²) in [5, 5.41) is 0. The van der Waals surface area contributed by atoms with E-state index >= 15 is 0 Å². The van der Waals surface area contributed by atoms with E-state index in [2.05, 4.69) is 15.9 Å². The minimum absolute atomic E-state index is 0.291. The fourth-order valence-electron chi connectivity index (χ4n) is 2.81. The van der Waals surface area contributed by atoms with Crippen LogP contribution in [0.1, 0.15) is 43.6 Å². The third-order valence-corrected chi connectivity index (χ3v) is 4.21. The van der Waals surface area contributed by atoms with Gasteiger partial charge in [-0.15, -0.1) is 0 Å². The summed E-state index contributed by atoms with van der Waals surface area (Å²) >= 11 is 3.42. The molecule has 0 saturated carbocycles. The number of carbonyl (C=O) groups excluding carboxylic acids is 2. The van der Waals surface area contributed by atoms with E-state index < -0.39 is 18.0 Å². The highest BCUT2D eigenvalue weighted by atomic mass is 79.9. The molecule has 130 valence electrons. The highest BCUT2D eigenvalue weighted by Crippen LogP contribution is 2.37. The summed E-state index contributed by atoms with van der Waals surface area (Å²) < 4.78 is 16.9. The first-order chi connectivity index (χ1) is 11.2. The Morgan fingerprint density at radius 2 is 1.96 bits per heavy atom. The van der Waals surface area contributed by atoms with Gasteiger partial charge in [-0.3, -0.25) is 9.69 Å². The fourth-order valence-corrected chi connectivity index (χ4v) is 3.31. The number of hydrogen-bond donors (Lipinski definition) is 0. The molecule has 0 atom stereocenters. The van der Waals surface area contributed by atoms with Crippen molar-refractivity contribution in [1.29, 1.82) is 0 Å². The summed E-state index contributed by atoms with van der Waals surface area (Å²) in [5.41, 5.74) is 1.31. The maximum absolute atomic E-state index is 12.7. The van der Waals surface area contributed by atoms with Crippen molar-refractivity contribution in [3.63, 3.8) is 0 Å². The lowest BCUT2D eigenvalue weighted by Gasteiger charge is -2.33. The smallest absolute Gasteiger partial charge is 0.414 e. The number of ketones is 1. The number of carbonyl (C=O) groups is 2. The molecule has 0 unspecified atom stereocenters. The molecule has 24 heavy (non-hydrogen) atoms. The van der Waals surface area contributed by atoms with Crippen molar-refractivity contribution in [3.8, 4) is 0 Å². The van der Waals surface area contributed by atoms with Gasteiger partial charge < -0.3 is 14.2 Å². The van der Waals surface area contributed by atoms with Gasteiger partial charge in [-0.25, -0.2) is 4.79 Å². The van der Waals surface area contributed by atoms with Gasteiger partial charge in [0.05, 0.1) is 5.69 Å². The summed E-state index contributed by atoms with van der Waals surface area (Å²) in [6.07, 6.45) is -1.10. The van der Waals surface area contributed by atoms with Crippen LogP contribution in [0.3, 0.4) is 0 Å². The number of amides is 1. The zero-order chi connectivity index (χ0) is 17.6. The Bertz CT molecular complexity index is 691. The van der Waals surface area contributed by atoms with E-state index in [0.29, 0.717) is 24.2 Å². The monoisotopic (exact) mass is 397 g/mol. The number of anilines is 1. The first-order valence-electron chi connectivity index (χ1n) is 7.84. The molecule has 2 aliphatic heterocycles. The van der Waals surface area contributed by atoms with E-state index in [1.54, 1.807) is 13.0 Å². The Labute approximate surface area is 149 Å². The molecule has 0 aliphatic carbocycles. The molecule has 1 fully saturated rings. The summed E-state index contributed by atoms with van der Waals surface area (Å²) in [5.74, 6) is -0.291. The molecule has 6 nitrogen and oxygen atoms in total. The fraction of sp³-hybridized carbons (Fsp3) is 0.529. The van der Waals surface area contributed by atoms with Crippen LogP contribution in [-0.2, 0) is 20.6 Å². The van der Waals surface area contributed by atoms with E-state index in [4.69, 9.17) is 14.2 Å². The van der Waals surface area contributed by atoms with E-state index in [0.717, 1.165) is 10.0 Å². The number of Topliss-reactive ketones (excluding diaryl/α,β-unsaturated/α-hetero) is 1. The van der Waals surface area contributed by atoms with Gasteiger partial charge in [-0.2, -0.15) is 0 Å². The summed E-state index contributed by atoms with van der Waals surface area (Å²) in [4.78, 5) is 26.7. The van der Waals surface area contributed by atoms with E-state index in [9.17, 15) is 9.59 Å². The molecule has 3 rings (SSSR count). The zero-order valence-electron chi connectivity index (χ0n) is 14.1. The molecule has 0 radical (unpaired) electrons. The van der Waals surface area contributed by atoms with Crippen LogP contribution in [0.4, 0.5) is 10.5 Å². The number of nitrogens with zero attached hydrogens (tertiary/aromatic N) is 1. The van der Waals surface area contributed by atoms with Crippen molar-refractivity contribution in [1.82, 2.24) is 0 Å². The predicted molar refractivity (Wildman–Crippen MR) is 91.2 cm³/mol. The van der Waals surface area contributed by atoms with Gasteiger partial charge in [0.25, 0.3) is 0 Å². The van der Waals surface area contributed by atoms with Crippen molar-refractivity contribution >= 4 is 33.5 Å². The quantitative estimate of drug-likeness (QED) is 0.712. The highest BCUT2D eigenvalue weighted by molar-refractivity contribution is 9.10. The van der Waals surface area contributed by atoms with Crippen molar-refractivity contribution in [3.05, 3.63) is 27.7 Å². The van der Waals surface area contributed by atoms with Crippen molar-refractivity contribution in [2.24, 2.45) is 0 Å². The lowest BCUT2D eigenvalue weighted by atomic mass is 10.0. The summed E-state index contributed by atoms with van der Waals surface area (Å²) in [6.45, 7) is 7.64. The Kier molecular flexibility index (Phi) is 4.44. The number of hydrogen-bond acceptors (Lipinski definition) is 5. The summed E-state index contributed by atoms with van der Waals surface area (Å²) in [7, 11) is 0. The Morgan fingerprint density at radius 1 is 1.29 bits per heavy atom. The van der Waals surface area contributed by atoms with Crippen molar-refractivity contribution < 1.29 is 23.8 Å². The molecule has 1 aromatic rings. The predicted octanol–water partition coefficient (Wildman–Crippen LogP) is 3.65. The van der Waals surface area contributed by atoms with Gasteiger partial charge in [-0.1, -0.05) is 15.9 Å². The SMILES string of the molecule is CC1OC(C(=O)c2cc(Br)cc3c2N(C(=O)OC(C)(C)C)CC3)O1. The Balaban J connectivity index is 1.94. The molecule has 0 spiro atoms. The van der Waals surface area contributed by atoms with E-state index in [1.807, 2.05) is 26.8 Å². The highest BCUT2D eigenvalue weighted by Gasteiger charge is 2.39. The largest absolute Gasteiger partial charge is 0.443 e. The van der Waals surface area contributed by atoms with E-state index in [1.165, 1.54) is 4.90 Å². The minimum atomic E-state index is -0.917. The van der Waals surface area contributed by atoms with Crippen molar-refractivity contribution in [2.75, 3.05) is 11.4 Å². The van der Waals surface area contributed by atoms with Crippen LogP contribution in [-0.4, -0.2) is 36.6 Å². The molecule has 0 bridgehead atoms. The molecule has 1 amide bonds. The third-order valence-electron chi connectivity index (χ3n) is 3.75. The van der Waals surface area contributed by atoms with Gasteiger partial charge in [-0.05, 0) is 51.8 Å². The molecular weight excluding hydrogens is 378 g/mol. The zero-order valence-corrected chi connectivity index (χ0v) is 15.7. The molecular formula is C17H20BrNO5. The average Bonchev–Trinajstić information content (AvgIpc) is 2.84. The van der Waals surface area contributed by atoms with Crippen LogP contribution in [0.2, 0.25) is 0 Å². The van der Waals surface area contributed by atoms with Gasteiger partial charge >= 0.3 is 6.09 Å². The van der Waals surface area contributed by atoms with Gasteiger partial charge in [0, 0.05) is 16.6 Å². The Morgan fingerprint density at radius 3 is 2.54 bits per heavy atom. The van der Waals surface area contributed by atoms with Gasteiger partial charge in [0.15, 0.2) is 6.29 Å². The molecule has 1 aromatic carbocycles. The summed E-state index contributed by atoms with van der Waals surface area (Å²) in [6, 6.07) is 3.61. The molecule has 7 heteroatoms. The second kappa shape index (κ2) is 6.13. The Hall–Kier alpha value is -1.44. The maximum Gasteiger partial charge on any atom is 0.414 e. The maximum atomic E-state index is 12.7. The number of fused-ring (bicyclic) bond motifs is 1. The first kappa shape index (κ1) is 17.4. The van der Waals surface area contributed by atoms with Gasteiger partial charge in [0.2, 0.25) is 12.1 Å². The first-order valence-corrected chi connectivity index (χ1v) is 8.63. The lowest BCUT2D eigenvalue weighted by molar-refractivity contribution is -0.349. The second-order valence-electron chi connectivity index (χ2n) is 6.88. The van der Waals surface area contributed by atoms with E-state index in [-0.39, 0.29) is 12.1 Å². The standard InChI is InChI=1S/C17H20BrNO5/c1-9-22-15(23-9)14(20)12-8-11(18)7-10-5-6-19(13(10)12)16(21)24-17(2,3)4/h7-9,15H,5-6H2,1-4H3. The third kappa shape index (κ3) is 3.34. The second-order valence-corrected chi connectivity index (χ2v) is 7.79. The molecule has 0 N–H and O–H groups in total. The normalized spacial score (nSPS) is 22.8. The minimum Gasteiger partial charge on any atom is -0.443 e. The van der Waals surface area contributed by atoms with Crippen LogP contribution in [0.15, 0.2) is 16.6 Å². The molecule has 1 saturated heterocycles. The average molecular weight is 398 g/mol. The number of benzene rings is 1. The number of halogens is 1. The number of ether oxygens (including phenoxy) is 3. The topological polar surface area (TPSA) is 65.1 Å². The van der Waals surface area contributed by atoms with Crippen LogP contribution < -0.4 is 4.90 Å². The van der Waals surface area contributed by atoms with Crippen LogP contribution in [0, 0.1) is 0 Å². The molecule has 2 aliphatic rings. The van der Waals surface area contributed by atoms with Crippen LogP contribution >= 0.6 is 15.9 Å². The number of rotatable bonds is 2. The lowest BCUT2D eigenvalue weighted by Crippen LogP contribution is -2.45. The molecule has 0 aromatic heterocycles.